The van der Waals surface area contributed by atoms with Crippen LogP contribution >= 0.6 is 0 Å². The standard InChI is InChI=1S/C13H23NO5.C9H18O2.C5H8O4/c1-6-18-11(16)8-10(15)14(13(3,4)5)9-12(17)19-7-2;1-5-11-8(10)6-7-9(2,3)4;1-2-9-5(8)3-4(6)7/h6-9H2,1-5H3;5-7H2,1-4H3;2-3H2,1H3,(H,6,7). The monoisotopic (exact) mass is 563 g/mol. The summed E-state index contributed by atoms with van der Waals surface area (Å²) in [6.07, 6.45) is 0.515. The van der Waals surface area contributed by atoms with Gasteiger partial charge in [-0.1, -0.05) is 20.8 Å². The molecule has 0 saturated carbocycles. The van der Waals surface area contributed by atoms with E-state index < -0.39 is 41.7 Å². The number of hydrogen-bond acceptors (Lipinski definition) is 10. The normalized spacial score (nSPS) is 10.4. The first-order valence-electron chi connectivity index (χ1n) is 13.0. The predicted molar refractivity (Wildman–Crippen MR) is 144 cm³/mol. The van der Waals surface area contributed by atoms with Gasteiger partial charge in [0.2, 0.25) is 5.91 Å². The van der Waals surface area contributed by atoms with Gasteiger partial charge in [0.25, 0.3) is 0 Å². The lowest BCUT2D eigenvalue weighted by Crippen LogP contribution is -2.49. The van der Waals surface area contributed by atoms with Crippen LogP contribution in [0.1, 0.15) is 94.9 Å². The largest absolute Gasteiger partial charge is 0.481 e. The van der Waals surface area contributed by atoms with Crippen molar-refractivity contribution in [2.75, 3.05) is 33.0 Å². The fraction of sp³-hybridized carbons (Fsp3) is 0.778. The van der Waals surface area contributed by atoms with Crippen LogP contribution in [-0.2, 0) is 47.7 Å². The van der Waals surface area contributed by atoms with Crippen LogP contribution in [0, 0.1) is 5.41 Å². The Labute approximate surface area is 232 Å². The summed E-state index contributed by atoms with van der Waals surface area (Å²) in [4.78, 5) is 67.0. The number of ether oxygens (including phenoxy) is 4. The Morgan fingerprint density at radius 2 is 1.00 bits per heavy atom. The Bertz CT molecular complexity index is 765. The molecule has 0 bridgehead atoms. The Hall–Kier alpha value is -3.18. The third kappa shape index (κ3) is 27.7. The summed E-state index contributed by atoms with van der Waals surface area (Å²) in [5.74, 6) is -3.46. The first-order valence-corrected chi connectivity index (χ1v) is 13.0. The highest BCUT2D eigenvalue weighted by Gasteiger charge is 2.30. The van der Waals surface area contributed by atoms with Crippen molar-refractivity contribution in [3.05, 3.63) is 0 Å². The van der Waals surface area contributed by atoms with Gasteiger partial charge < -0.3 is 29.0 Å². The number of rotatable bonds is 12. The molecule has 1 N–H and O–H groups in total. The van der Waals surface area contributed by atoms with Gasteiger partial charge in [0.1, 0.15) is 19.4 Å². The molecule has 228 valence electrons. The third-order valence-electron chi connectivity index (χ3n) is 4.29. The van der Waals surface area contributed by atoms with E-state index in [0.717, 1.165) is 6.42 Å². The van der Waals surface area contributed by atoms with E-state index in [4.69, 9.17) is 19.3 Å². The van der Waals surface area contributed by atoms with Crippen LogP contribution in [0.4, 0.5) is 0 Å². The molecule has 0 aliphatic rings. The highest BCUT2D eigenvalue weighted by atomic mass is 16.5. The number of carbonyl (C=O) groups is 6. The summed E-state index contributed by atoms with van der Waals surface area (Å²) in [5, 5.41) is 8.01. The van der Waals surface area contributed by atoms with E-state index in [0.29, 0.717) is 13.0 Å². The number of hydrogen-bond donors (Lipinski definition) is 1. The first kappa shape index (κ1) is 40.3. The van der Waals surface area contributed by atoms with E-state index in [1.807, 2.05) is 6.92 Å². The van der Waals surface area contributed by atoms with E-state index in [2.05, 4.69) is 25.5 Å². The third-order valence-corrected chi connectivity index (χ3v) is 4.29. The molecule has 0 aromatic heterocycles. The van der Waals surface area contributed by atoms with Crippen LogP contribution in [0.3, 0.4) is 0 Å². The van der Waals surface area contributed by atoms with Gasteiger partial charge in [0, 0.05) is 12.0 Å². The zero-order chi connectivity index (χ0) is 31.2. The Morgan fingerprint density at radius 1 is 0.615 bits per heavy atom. The maximum Gasteiger partial charge on any atom is 0.325 e. The van der Waals surface area contributed by atoms with Gasteiger partial charge >= 0.3 is 29.8 Å². The summed E-state index contributed by atoms with van der Waals surface area (Å²) in [7, 11) is 0. The van der Waals surface area contributed by atoms with Crippen molar-refractivity contribution >= 4 is 35.8 Å². The molecular formula is C27H49NO11. The van der Waals surface area contributed by atoms with E-state index in [-0.39, 0.29) is 44.2 Å². The summed E-state index contributed by atoms with van der Waals surface area (Å²) < 4.78 is 18.7. The fourth-order valence-corrected chi connectivity index (χ4v) is 2.51. The van der Waals surface area contributed by atoms with Crippen molar-refractivity contribution in [2.45, 2.75) is 100 Å². The molecule has 0 heterocycles. The van der Waals surface area contributed by atoms with Gasteiger partial charge in [-0.25, -0.2) is 0 Å². The number of amides is 1. The zero-order valence-corrected chi connectivity index (χ0v) is 25.3. The molecule has 0 fully saturated rings. The van der Waals surface area contributed by atoms with Gasteiger partial charge in [-0.3, -0.25) is 28.8 Å². The Kier molecular flexibility index (Phi) is 22.5. The molecule has 0 unspecified atom stereocenters. The predicted octanol–water partition coefficient (Wildman–Crippen LogP) is 3.53. The van der Waals surface area contributed by atoms with Gasteiger partial charge in [-0.2, -0.15) is 0 Å². The number of nitrogens with zero attached hydrogens (tertiary/aromatic N) is 1. The number of carboxylic acids is 1. The van der Waals surface area contributed by atoms with E-state index >= 15 is 0 Å². The highest BCUT2D eigenvalue weighted by Crippen LogP contribution is 2.20. The molecule has 0 aromatic rings. The second-order valence-corrected chi connectivity index (χ2v) is 10.2. The molecule has 1 amide bonds. The molecule has 12 nitrogen and oxygen atoms in total. The van der Waals surface area contributed by atoms with Gasteiger partial charge in [-0.15, -0.1) is 0 Å². The molecule has 0 rings (SSSR count). The molecule has 0 spiro atoms. The van der Waals surface area contributed by atoms with E-state index in [1.54, 1.807) is 41.5 Å². The first-order chi connectivity index (χ1) is 17.8. The number of carboxylic acid groups (broad SMARTS) is 1. The smallest absolute Gasteiger partial charge is 0.325 e. The molecule has 0 radical (unpaired) electrons. The Balaban J connectivity index is -0.000000549. The second-order valence-electron chi connectivity index (χ2n) is 10.2. The second kappa shape index (κ2) is 21.7. The van der Waals surface area contributed by atoms with E-state index in [1.165, 1.54) is 4.90 Å². The van der Waals surface area contributed by atoms with Gasteiger partial charge in [0.05, 0.1) is 26.4 Å². The molecule has 0 aliphatic carbocycles. The number of esters is 4. The molecule has 39 heavy (non-hydrogen) atoms. The minimum atomic E-state index is -1.16. The van der Waals surface area contributed by atoms with Crippen molar-refractivity contribution < 1.29 is 52.8 Å². The molecule has 0 atom stereocenters. The average molecular weight is 564 g/mol. The summed E-state index contributed by atoms with van der Waals surface area (Å²) in [5.41, 5.74) is -0.344. The van der Waals surface area contributed by atoms with Crippen LogP contribution < -0.4 is 0 Å². The van der Waals surface area contributed by atoms with Crippen LogP contribution in [-0.4, -0.2) is 84.3 Å². The number of carbonyl (C=O) groups excluding carboxylic acids is 5. The molecular weight excluding hydrogens is 514 g/mol. The van der Waals surface area contributed by atoms with Crippen LogP contribution in [0.15, 0.2) is 0 Å². The fourth-order valence-electron chi connectivity index (χ4n) is 2.51. The SMILES string of the molecule is CCOC(=O)CC(=O)N(CC(=O)OCC)C(C)(C)C.CCOC(=O)CC(=O)O.CCOC(=O)CCC(C)(C)C. The van der Waals surface area contributed by atoms with Crippen molar-refractivity contribution in [3.8, 4) is 0 Å². The van der Waals surface area contributed by atoms with Gasteiger partial charge in [0.15, 0.2) is 0 Å². The quantitative estimate of drug-likeness (QED) is 0.210. The van der Waals surface area contributed by atoms with Crippen LogP contribution in [0.2, 0.25) is 0 Å². The highest BCUT2D eigenvalue weighted by molar-refractivity contribution is 5.95. The molecule has 0 aromatic carbocycles. The van der Waals surface area contributed by atoms with Crippen LogP contribution in [0.25, 0.3) is 0 Å². The van der Waals surface area contributed by atoms with Crippen LogP contribution in [0.5, 0.6) is 0 Å². The maximum atomic E-state index is 12.0. The molecule has 0 aliphatic heterocycles. The summed E-state index contributed by atoms with van der Waals surface area (Å²) in [6, 6.07) is 0. The lowest BCUT2D eigenvalue weighted by molar-refractivity contribution is -0.156. The summed E-state index contributed by atoms with van der Waals surface area (Å²) >= 11 is 0. The minimum absolute atomic E-state index is 0.0811. The summed E-state index contributed by atoms with van der Waals surface area (Å²) in [6.45, 7) is 19.6. The average Bonchev–Trinajstić information content (AvgIpc) is 2.76. The topological polar surface area (TPSA) is 163 Å². The molecule has 0 saturated heterocycles. The number of aliphatic carboxylic acids is 1. The van der Waals surface area contributed by atoms with Crippen molar-refractivity contribution in [2.24, 2.45) is 5.41 Å². The van der Waals surface area contributed by atoms with Crippen molar-refractivity contribution in [1.82, 2.24) is 4.90 Å². The van der Waals surface area contributed by atoms with Gasteiger partial charge in [-0.05, 0) is 60.3 Å². The zero-order valence-electron chi connectivity index (χ0n) is 25.3. The maximum absolute atomic E-state index is 12.0. The lowest BCUT2D eigenvalue weighted by Gasteiger charge is -2.34. The molecule has 12 heteroatoms. The Morgan fingerprint density at radius 3 is 1.36 bits per heavy atom. The van der Waals surface area contributed by atoms with E-state index in [9.17, 15) is 28.8 Å². The lowest BCUT2D eigenvalue weighted by atomic mass is 9.91. The van der Waals surface area contributed by atoms with Crippen molar-refractivity contribution in [1.29, 1.82) is 0 Å². The minimum Gasteiger partial charge on any atom is -0.481 e. The van der Waals surface area contributed by atoms with Crippen molar-refractivity contribution in [3.63, 3.8) is 0 Å².